The second-order valence-corrected chi connectivity index (χ2v) is 8.42. The van der Waals surface area contributed by atoms with Gasteiger partial charge in [-0.25, -0.2) is 4.68 Å². The highest BCUT2D eigenvalue weighted by Gasteiger charge is 2.34. The molecule has 1 aromatic heterocycles. The van der Waals surface area contributed by atoms with Crippen LogP contribution in [0.3, 0.4) is 0 Å². The van der Waals surface area contributed by atoms with Crippen LogP contribution in [0.15, 0.2) is 101 Å². The van der Waals surface area contributed by atoms with Crippen LogP contribution in [-0.2, 0) is 4.79 Å². The minimum absolute atomic E-state index is 0.184. The third-order valence-electron chi connectivity index (χ3n) is 5.35. The molecule has 1 aliphatic heterocycles. The Morgan fingerprint density at radius 2 is 1.62 bits per heavy atom. The van der Waals surface area contributed by atoms with Gasteiger partial charge >= 0.3 is 0 Å². The number of rotatable bonds is 4. The van der Waals surface area contributed by atoms with Gasteiger partial charge in [-0.15, -0.1) is 5.10 Å². The van der Waals surface area contributed by atoms with Crippen LogP contribution in [0.4, 0.5) is 11.6 Å². The molecular weight excluding hydrogens is 466 g/mol. The average Bonchev–Trinajstić information content (AvgIpc) is 3.23. The van der Waals surface area contributed by atoms with E-state index < -0.39 is 6.04 Å². The van der Waals surface area contributed by atoms with Crippen LogP contribution >= 0.6 is 15.9 Å². The summed E-state index contributed by atoms with van der Waals surface area (Å²) in [5, 5.41) is 11.1. The summed E-state index contributed by atoms with van der Waals surface area (Å²) >= 11 is 3.50. The van der Waals surface area contributed by atoms with Crippen molar-refractivity contribution in [1.82, 2.24) is 14.8 Å². The number of amides is 1. The number of para-hydroxylation sites is 1. The summed E-state index contributed by atoms with van der Waals surface area (Å²) in [4.78, 5) is 18.1. The quantitative estimate of drug-likeness (QED) is 0.392. The van der Waals surface area contributed by atoms with Gasteiger partial charge in [-0.1, -0.05) is 76.6 Å². The maximum Gasteiger partial charge on any atom is 0.255 e. The van der Waals surface area contributed by atoms with Gasteiger partial charge in [-0.2, -0.15) is 4.98 Å². The molecule has 1 atom stereocenters. The van der Waals surface area contributed by atoms with Crippen LogP contribution < -0.4 is 10.6 Å². The average molecular weight is 486 g/mol. The van der Waals surface area contributed by atoms with E-state index in [1.54, 1.807) is 4.68 Å². The van der Waals surface area contributed by atoms with Gasteiger partial charge in [0.15, 0.2) is 5.82 Å². The minimum atomic E-state index is -0.423. The molecule has 2 heterocycles. The van der Waals surface area contributed by atoms with Crippen molar-refractivity contribution in [2.24, 2.45) is 0 Å². The zero-order chi connectivity index (χ0) is 22.1. The number of hydrogen-bond acceptors (Lipinski definition) is 4. The fourth-order valence-electron chi connectivity index (χ4n) is 3.83. The molecule has 0 saturated carbocycles. The van der Waals surface area contributed by atoms with Crippen LogP contribution in [-0.4, -0.2) is 20.7 Å². The molecule has 1 amide bonds. The third-order valence-corrected chi connectivity index (χ3v) is 5.88. The summed E-state index contributed by atoms with van der Waals surface area (Å²) in [5.74, 6) is 1.02. The van der Waals surface area contributed by atoms with E-state index in [2.05, 4.69) is 26.6 Å². The molecule has 1 aliphatic rings. The highest BCUT2D eigenvalue weighted by atomic mass is 79.9. The molecule has 5 rings (SSSR count). The number of aromatic nitrogens is 3. The lowest BCUT2D eigenvalue weighted by molar-refractivity contribution is -0.113. The molecule has 4 aromatic rings. The Kier molecular flexibility index (Phi) is 5.33. The van der Waals surface area contributed by atoms with Crippen molar-refractivity contribution in [2.45, 2.75) is 13.0 Å². The zero-order valence-corrected chi connectivity index (χ0v) is 18.9. The first kappa shape index (κ1) is 20.2. The Labute approximate surface area is 194 Å². The number of carbonyl (C=O) groups excluding carboxylic acids is 1. The van der Waals surface area contributed by atoms with Gasteiger partial charge in [0.1, 0.15) is 6.04 Å². The topological polar surface area (TPSA) is 71.8 Å². The Morgan fingerprint density at radius 3 is 2.31 bits per heavy atom. The van der Waals surface area contributed by atoms with E-state index in [0.717, 1.165) is 27.0 Å². The smallest absolute Gasteiger partial charge is 0.255 e. The molecule has 158 valence electrons. The molecule has 6 nitrogen and oxygen atoms in total. The molecule has 0 fully saturated rings. The van der Waals surface area contributed by atoms with E-state index in [4.69, 9.17) is 10.1 Å². The molecule has 1 unspecified atom stereocenters. The molecule has 0 spiro atoms. The number of halogens is 1. The van der Waals surface area contributed by atoms with Gasteiger partial charge in [-0.05, 0) is 36.8 Å². The van der Waals surface area contributed by atoms with Gasteiger partial charge in [-0.3, -0.25) is 4.79 Å². The molecule has 0 radical (unpaired) electrons. The number of anilines is 2. The first-order valence-electron chi connectivity index (χ1n) is 10.2. The third kappa shape index (κ3) is 3.83. The predicted octanol–water partition coefficient (Wildman–Crippen LogP) is 5.64. The maximum atomic E-state index is 13.4. The molecule has 7 heteroatoms. The van der Waals surface area contributed by atoms with Crippen molar-refractivity contribution in [2.75, 3.05) is 10.6 Å². The normalized spacial score (nSPS) is 15.1. The monoisotopic (exact) mass is 485 g/mol. The SMILES string of the molecule is CC1=C(C(=O)Nc2ccccc2)C(c2ccc(Br)cc2)n2nc(-c3ccccc3)nc2N1. The van der Waals surface area contributed by atoms with Crippen molar-refractivity contribution in [3.63, 3.8) is 0 Å². The lowest BCUT2D eigenvalue weighted by Crippen LogP contribution is -2.31. The second kappa shape index (κ2) is 8.43. The number of nitrogens with zero attached hydrogens (tertiary/aromatic N) is 3. The first-order valence-corrected chi connectivity index (χ1v) is 11.0. The molecule has 3 aromatic carbocycles. The lowest BCUT2D eigenvalue weighted by atomic mass is 9.95. The molecule has 0 saturated heterocycles. The van der Waals surface area contributed by atoms with Crippen LogP contribution in [0.2, 0.25) is 0 Å². The summed E-state index contributed by atoms with van der Waals surface area (Å²) in [6.07, 6.45) is 0. The van der Waals surface area contributed by atoms with Crippen molar-refractivity contribution in [3.8, 4) is 11.4 Å². The highest BCUT2D eigenvalue weighted by molar-refractivity contribution is 9.10. The number of carbonyl (C=O) groups is 1. The van der Waals surface area contributed by atoms with Crippen LogP contribution in [0.1, 0.15) is 18.5 Å². The molecule has 0 aliphatic carbocycles. The Morgan fingerprint density at radius 1 is 0.969 bits per heavy atom. The fraction of sp³-hybridized carbons (Fsp3) is 0.0800. The Hall–Kier alpha value is -3.71. The van der Waals surface area contributed by atoms with E-state index in [0.29, 0.717) is 17.3 Å². The maximum absolute atomic E-state index is 13.4. The van der Waals surface area contributed by atoms with Crippen LogP contribution in [0.5, 0.6) is 0 Å². The van der Waals surface area contributed by atoms with Crippen LogP contribution in [0.25, 0.3) is 11.4 Å². The van der Waals surface area contributed by atoms with Crippen molar-refractivity contribution < 1.29 is 4.79 Å². The van der Waals surface area contributed by atoms with E-state index in [1.165, 1.54) is 0 Å². The summed E-state index contributed by atoms with van der Waals surface area (Å²) < 4.78 is 2.76. The largest absolute Gasteiger partial charge is 0.328 e. The van der Waals surface area contributed by atoms with Gasteiger partial charge in [0.2, 0.25) is 5.95 Å². The molecule has 0 bridgehead atoms. The van der Waals surface area contributed by atoms with E-state index >= 15 is 0 Å². The van der Waals surface area contributed by atoms with Gasteiger partial charge in [0, 0.05) is 21.4 Å². The van der Waals surface area contributed by atoms with Gasteiger partial charge in [0.05, 0.1) is 5.57 Å². The fourth-order valence-corrected chi connectivity index (χ4v) is 4.09. The van der Waals surface area contributed by atoms with Gasteiger partial charge in [0.25, 0.3) is 5.91 Å². The second-order valence-electron chi connectivity index (χ2n) is 7.51. The van der Waals surface area contributed by atoms with Crippen molar-refractivity contribution in [3.05, 3.63) is 106 Å². The zero-order valence-electron chi connectivity index (χ0n) is 17.3. The van der Waals surface area contributed by atoms with E-state index in [-0.39, 0.29) is 5.91 Å². The standard InChI is InChI=1S/C25H20BrN5O/c1-16-21(24(32)28-20-10-6-3-7-11-20)22(17-12-14-19(26)15-13-17)31-25(27-16)29-23(30-31)18-8-4-2-5-9-18/h2-15,22H,1H3,(H,28,32)(H,27,29,30). The Bertz CT molecular complexity index is 1300. The van der Waals surface area contributed by atoms with Gasteiger partial charge < -0.3 is 10.6 Å². The Balaban J connectivity index is 1.60. The number of allylic oxidation sites excluding steroid dienone is 1. The summed E-state index contributed by atoms with van der Waals surface area (Å²) in [5.41, 5.74) is 3.93. The van der Waals surface area contributed by atoms with E-state index in [9.17, 15) is 4.79 Å². The number of hydrogen-bond donors (Lipinski definition) is 2. The number of nitrogens with one attached hydrogen (secondary N) is 2. The lowest BCUT2D eigenvalue weighted by Gasteiger charge is -2.28. The minimum Gasteiger partial charge on any atom is -0.328 e. The predicted molar refractivity (Wildman–Crippen MR) is 129 cm³/mol. The van der Waals surface area contributed by atoms with E-state index in [1.807, 2.05) is 91.9 Å². The molecule has 32 heavy (non-hydrogen) atoms. The molecule has 2 N–H and O–H groups in total. The van der Waals surface area contributed by atoms with Crippen molar-refractivity contribution in [1.29, 1.82) is 0 Å². The number of benzene rings is 3. The number of fused-ring (bicyclic) bond motifs is 1. The molecular formula is C25H20BrN5O. The van der Waals surface area contributed by atoms with Crippen LogP contribution in [0, 0.1) is 0 Å². The highest BCUT2D eigenvalue weighted by Crippen LogP contribution is 2.37. The summed E-state index contributed by atoms with van der Waals surface area (Å²) in [7, 11) is 0. The first-order chi connectivity index (χ1) is 15.6. The van der Waals surface area contributed by atoms with Crippen molar-refractivity contribution >= 4 is 33.5 Å². The summed E-state index contributed by atoms with van der Waals surface area (Å²) in [6, 6.07) is 26.8. The summed E-state index contributed by atoms with van der Waals surface area (Å²) in [6.45, 7) is 1.89.